The highest BCUT2D eigenvalue weighted by Gasteiger charge is 2.32. The molecule has 1 saturated heterocycles. The van der Waals surface area contributed by atoms with E-state index >= 15 is 0 Å². The second-order valence-corrected chi connectivity index (χ2v) is 5.30. The summed E-state index contributed by atoms with van der Waals surface area (Å²) in [6.45, 7) is 10.3. The highest BCUT2D eigenvalue weighted by Crippen LogP contribution is 2.23. The Bertz CT molecular complexity index is 190. The van der Waals surface area contributed by atoms with Crippen LogP contribution in [-0.2, 0) is 9.47 Å². The number of hydrogen-bond acceptors (Lipinski definition) is 3. The van der Waals surface area contributed by atoms with Crippen LogP contribution in [0.4, 0.5) is 0 Å². The largest absolute Gasteiger partial charge is 0.379 e. The van der Waals surface area contributed by atoms with Crippen LogP contribution in [0.25, 0.3) is 0 Å². The van der Waals surface area contributed by atoms with Gasteiger partial charge in [0.05, 0.1) is 17.3 Å². The van der Waals surface area contributed by atoms with Gasteiger partial charge in [-0.1, -0.05) is 0 Å². The maximum atomic E-state index is 5.97. The minimum Gasteiger partial charge on any atom is -0.379 e. The van der Waals surface area contributed by atoms with E-state index in [1.807, 2.05) is 0 Å². The third kappa shape index (κ3) is 3.56. The van der Waals surface area contributed by atoms with Gasteiger partial charge in [-0.05, 0) is 27.7 Å². The smallest absolute Gasteiger partial charge is 0.0754 e. The Balaban J connectivity index is 2.46. The molecule has 1 atom stereocenters. The van der Waals surface area contributed by atoms with Crippen molar-refractivity contribution in [3.05, 3.63) is 0 Å². The van der Waals surface area contributed by atoms with Gasteiger partial charge in [-0.25, -0.2) is 0 Å². The molecular formula is C11H23NO2. The zero-order chi connectivity index (χ0) is 10.8. The van der Waals surface area contributed by atoms with Crippen LogP contribution in [0.5, 0.6) is 0 Å². The molecule has 14 heavy (non-hydrogen) atoms. The predicted molar refractivity (Wildman–Crippen MR) is 57.5 cm³/mol. The molecule has 1 heterocycles. The summed E-state index contributed by atoms with van der Waals surface area (Å²) in [5.74, 6) is 0. The van der Waals surface area contributed by atoms with Crippen molar-refractivity contribution in [1.29, 1.82) is 0 Å². The van der Waals surface area contributed by atoms with Crippen LogP contribution >= 0.6 is 0 Å². The van der Waals surface area contributed by atoms with Crippen molar-refractivity contribution in [2.24, 2.45) is 0 Å². The van der Waals surface area contributed by atoms with Gasteiger partial charge in [0.25, 0.3) is 0 Å². The number of ether oxygens (including phenoxy) is 2. The van der Waals surface area contributed by atoms with Crippen molar-refractivity contribution >= 4 is 0 Å². The molecule has 0 bridgehead atoms. The van der Waals surface area contributed by atoms with Crippen LogP contribution in [-0.4, -0.2) is 37.5 Å². The first-order chi connectivity index (χ1) is 6.35. The summed E-state index contributed by atoms with van der Waals surface area (Å²) >= 11 is 0. The first-order valence-corrected chi connectivity index (χ1v) is 5.28. The maximum Gasteiger partial charge on any atom is 0.0754 e. The van der Waals surface area contributed by atoms with Gasteiger partial charge in [-0.3, -0.25) is 0 Å². The molecule has 1 unspecified atom stereocenters. The summed E-state index contributed by atoms with van der Waals surface area (Å²) in [4.78, 5) is 0. The van der Waals surface area contributed by atoms with E-state index in [4.69, 9.17) is 9.47 Å². The quantitative estimate of drug-likeness (QED) is 0.752. The second kappa shape index (κ2) is 4.17. The lowest BCUT2D eigenvalue weighted by Gasteiger charge is -2.39. The molecule has 1 fully saturated rings. The summed E-state index contributed by atoms with van der Waals surface area (Å²) in [5, 5.41) is 3.39. The minimum absolute atomic E-state index is 0.0489. The van der Waals surface area contributed by atoms with Crippen molar-refractivity contribution in [1.82, 2.24) is 5.32 Å². The van der Waals surface area contributed by atoms with Gasteiger partial charge in [0.2, 0.25) is 0 Å². The predicted octanol–water partition coefficient (Wildman–Crippen LogP) is 1.57. The van der Waals surface area contributed by atoms with Crippen molar-refractivity contribution in [3.63, 3.8) is 0 Å². The van der Waals surface area contributed by atoms with E-state index < -0.39 is 0 Å². The topological polar surface area (TPSA) is 30.5 Å². The number of morpholine rings is 1. The first-order valence-electron chi connectivity index (χ1n) is 5.28. The van der Waals surface area contributed by atoms with Crippen molar-refractivity contribution in [2.45, 2.75) is 51.4 Å². The molecular weight excluding hydrogens is 178 g/mol. The molecule has 1 rings (SSSR count). The van der Waals surface area contributed by atoms with Gasteiger partial charge in [0.1, 0.15) is 0 Å². The van der Waals surface area contributed by atoms with Gasteiger partial charge in [0.15, 0.2) is 0 Å². The van der Waals surface area contributed by atoms with E-state index in [2.05, 4.69) is 33.0 Å². The average molecular weight is 201 g/mol. The van der Waals surface area contributed by atoms with Crippen LogP contribution in [0.2, 0.25) is 0 Å². The van der Waals surface area contributed by atoms with Crippen LogP contribution < -0.4 is 5.32 Å². The number of hydrogen-bond donors (Lipinski definition) is 1. The average Bonchev–Trinajstić information content (AvgIpc) is 2.01. The first kappa shape index (κ1) is 12.0. The van der Waals surface area contributed by atoms with Crippen molar-refractivity contribution in [3.8, 4) is 0 Å². The van der Waals surface area contributed by atoms with Crippen LogP contribution in [0.1, 0.15) is 34.1 Å². The molecule has 0 aliphatic carbocycles. The van der Waals surface area contributed by atoms with Crippen molar-refractivity contribution < 1.29 is 9.47 Å². The molecule has 0 saturated carbocycles. The fourth-order valence-electron chi connectivity index (χ4n) is 1.81. The van der Waals surface area contributed by atoms with Crippen LogP contribution in [0.3, 0.4) is 0 Å². The van der Waals surface area contributed by atoms with E-state index in [0.29, 0.717) is 0 Å². The molecule has 1 aliphatic rings. The Morgan fingerprint density at radius 1 is 1.50 bits per heavy atom. The molecule has 1 aliphatic heterocycles. The lowest BCUT2D eigenvalue weighted by atomic mass is 9.97. The van der Waals surface area contributed by atoms with Crippen LogP contribution in [0.15, 0.2) is 0 Å². The zero-order valence-electron chi connectivity index (χ0n) is 10.0. The van der Waals surface area contributed by atoms with Gasteiger partial charge < -0.3 is 14.8 Å². The summed E-state index contributed by atoms with van der Waals surface area (Å²) in [6.07, 6.45) is 1.19. The maximum absolute atomic E-state index is 5.97. The fraction of sp³-hybridized carbons (Fsp3) is 1.00. The number of methoxy groups -OCH3 is 1. The summed E-state index contributed by atoms with van der Waals surface area (Å²) in [6, 6.07) is 0. The number of nitrogens with one attached hydrogen (secondary N) is 1. The van der Waals surface area contributed by atoms with E-state index in [1.54, 1.807) is 7.11 Å². The molecule has 84 valence electrons. The highest BCUT2D eigenvalue weighted by molar-refractivity contribution is 4.85. The molecule has 0 aromatic rings. The van der Waals surface area contributed by atoms with Crippen LogP contribution in [0, 0.1) is 0 Å². The molecule has 3 nitrogen and oxygen atoms in total. The molecule has 0 aromatic heterocycles. The second-order valence-electron chi connectivity index (χ2n) is 5.30. The Hall–Kier alpha value is -0.120. The Kier molecular flexibility index (Phi) is 3.56. The van der Waals surface area contributed by atoms with E-state index in [0.717, 1.165) is 19.5 Å². The molecule has 1 N–H and O–H groups in total. The Morgan fingerprint density at radius 2 is 2.14 bits per heavy atom. The van der Waals surface area contributed by atoms with E-state index in [-0.39, 0.29) is 17.3 Å². The third-order valence-electron chi connectivity index (χ3n) is 2.68. The van der Waals surface area contributed by atoms with Crippen molar-refractivity contribution in [2.75, 3.05) is 20.2 Å². The van der Waals surface area contributed by atoms with Gasteiger partial charge in [0, 0.05) is 26.6 Å². The lowest BCUT2D eigenvalue weighted by Crippen LogP contribution is -2.52. The SMILES string of the molecule is COC(C)(C)CC1CNCC(C)(C)O1. The standard InChI is InChI=1S/C11H23NO2/c1-10(2,13-5)6-9-7-12-8-11(3,4)14-9/h9,12H,6-8H2,1-5H3. The summed E-state index contributed by atoms with van der Waals surface area (Å²) in [5.41, 5.74) is -0.146. The highest BCUT2D eigenvalue weighted by atomic mass is 16.5. The molecule has 0 spiro atoms. The molecule has 0 amide bonds. The zero-order valence-corrected chi connectivity index (χ0v) is 10.0. The lowest BCUT2D eigenvalue weighted by molar-refractivity contribution is -0.123. The van der Waals surface area contributed by atoms with E-state index in [1.165, 1.54) is 0 Å². The van der Waals surface area contributed by atoms with E-state index in [9.17, 15) is 0 Å². The molecule has 3 heteroatoms. The molecule has 0 radical (unpaired) electrons. The minimum atomic E-state index is -0.0975. The monoisotopic (exact) mass is 201 g/mol. The third-order valence-corrected chi connectivity index (χ3v) is 2.68. The van der Waals surface area contributed by atoms with Gasteiger partial charge >= 0.3 is 0 Å². The Labute approximate surface area is 87.2 Å². The van der Waals surface area contributed by atoms with Gasteiger partial charge in [-0.15, -0.1) is 0 Å². The summed E-state index contributed by atoms with van der Waals surface area (Å²) in [7, 11) is 1.75. The molecule has 0 aromatic carbocycles. The summed E-state index contributed by atoms with van der Waals surface area (Å²) < 4.78 is 11.4. The fourth-order valence-corrected chi connectivity index (χ4v) is 1.81. The Morgan fingerprint density at radius 3 is 2.64 bits per heavy atom. The number of rotatable bonds is 3. The normalized spacial score (nSPS) is 27.6. The van der Waals surface area contributed by atoms with Gasteiger partial charge in [-0.2, -0.15) is 0 Å².